The van der Waals surface area contributed by atoms with E-state index in [9.17, 15) is 0 Å². The second-order valence-corrected chi connectivity index (χ2v) is 5.12. The summed E-state index contributed by atoms with van der Waals surface area (Å²) in [6.07, 6.45) is 8.04. The van der Waals surface area contributed by atoms with Crippen molar-refractivity contribution in [2.24, 2.45) is 5.73 Å². The molecule has 0 aliphatic carbocycles. The summed E-state index contributed by atoms with van der Waals surface area (Å²) in [5.41, 5.74) is 7.91. The molecule has 2 nitrogen and oxygen atoms in total. The second-order valence-electron chi connectivity index (χ2n) is 5.12. The lowest BCUT2D eigenvalue weighted by Crippen LogP contribution is -2.31. The molecule has 0 aliphatic rings. The maximum atomic E-state index is 5.93. The van der Waals surface area contributed by atoms with Crippen LogP contribution in [0, 0.1) is 0 Å². The lowest BCUT2D eigenvalue weighted by molar-refractivity contribution is 0.482. The van der Waals surface area contributed by atoms with Gasteiger partial charge in [-0.15, -0.1) is 0 Å². The van der Waals surface area contributed by atoms with Crippen molar-refractivity contribution in [2.75, 3.05) is 0 Å². The lowest BCUT2D eigenvalue weighted by atomic mass is 10.00. The van der Waals surface area contributed by atoms with Crippen LogP contribution in [-0.4, -0.2) is 5.54 Å². The Hall–Kier alpha value is -1.54. The van der Waals surface area contributed by atoms with Crippen LogP contribution in [0.1, 0.15) is 32.3 Å². The minimum atomic E-state index is -0.0944. The van der Waals surface area contributed by atoms with Crippen LogP contribution in [0.3, 0.4) is 0 Å². The van der Waals surface area contributed by atoms with Crippen molar-refractivity contribution in [3.8, 4) is 0 Å². The van der Waals surface area contributed by atoms with E-state index < -0.39 is 0 Å². The fourth-order valence-corrected chi connectivity index (χ4v) is 1.79. The van der Waals surface area contributed by atoms with Gasteiger partial charge in [-0.3, -0.25) is 0 Å². The first-order chi connectivity index (χ1) is 8.06. The Kier molecular flexibility index (Phi) is 3.34. The summed E-state index contributed by atoms with van der Waals surface area (Å²) in [6, 6.07) is 8.06. The molecule has 0 aliphatic heterocycles. The largest absolute Gasteiger partial charge is 0.464 e. The van der Waals surface area contributed by atoms with E-state index in [-0.39, 0.29) is 5.54 Å². The van der Waals surface area contributed by atoms with Gasteiger partial charge in [-0.25, -0.2) is 0 Å². The monoisotopic (exact) mass is 229 g/mol. The van der Waals surface area contributed by atoms with Gasteiger partial charge in [0.2, 0.25) is 0 Å². The highest BCUT2D eigenvalue weighted by Crippen LogP contribution is 2.22. The molecule has 0 atom stereocenters. The Balaban J connectivity index is 2.06. The number of hydrogen-bond donors (Lipinski definition) is 1. The van der Waals surface area contributed by atoms with Gasteiger partial charge in [0.05, 0.1) is 6.26 Å². The summed E-state index contributed by atoms with van der Waals surface area (Å²) < 4.78 is 5.47. The number of rotatable bonds is 4. The molecule has 2 aromatic rings. The van der Waals surface area contributed by atoms with Gasteiger partial charge >= 0.3 is 0 Å². The van der Waals surface area contributed by atoms with Crippen LogP contribution in [0.25, 0.3) is 17.0 Å². The predicted molar refractivity (Wildman–Crippen MR) is 72.7 cm³/mol. The number of furan rings is 1. The van der Waals surface area contributed by atoms with Crippen molar-refractivity contribution >= 4 is 17.0 Å². The first kappa shape index (κ1) is 11.9. The molecular weight excluding hydrogens is 210 g/mol. The number of allylic oxidation sites excluding steroid dienone is 1. The van der Waals surface area contributed by atoms with Crippen LogP contribution < -0.4 is 5.73 Å². The summed E-state index contributed by atoms with van der Waals surface area (Å²) in [7, 11) is 0. The fraction of sp³-hybridized carbons (Fsp3) is 0.333. The molecule has 90 valence electrons. The molecule has 17 heavy (non-hydrogen) atoms. The zero-order chi connectivity index (χ0) is 12.3. The van der Waals surface area contributed by atoms with Crippen LogP contribution in [0.4, 0.5) is 0 Å². The SMILES string of the molecule is CC(C)(N)CC/C=C/c1coc2ccccc12. The Morgan fingerprint density at radius 1 is 1.29 bits per heavy atom. The Morgan fingerprint density at radius 2 is 2.06 bits per heavy atom. The van der Waals surface area contributed by atoms with E-state index in [1.165, 1.54) is 0 Å². The highest BCUT2D eigenvalue weighted by Gasteiger charge is 2.08. The zero-order valence-corrected chi connectivity index (χ0v) is 10.4. The molecule has 1 heterocycles. The molecule has 1 aromatic heterocycles. The highest BCUT2D eigenvalue weighted by atomic mass is 16.3. The second kappa shape index (κ2) is 4.76. The normalized spacial score (nSPS) is 12.6. The third-order valence-electron chi connectivity index (χ3n) is 2.76. The summed E-state index contributed by atoms with van der Waals surface area (Å²) in [5, 5.41) is 1.16. The smallest absolute Gasteiger partial charge is 0.134 e. The average molecular weight is 229 g/mol. The van der Waals surface area contributed by atoms with Crippen LogP contribution in [0.5, 0.6) is 0 Å². The Labute approximate surface area is 102 Å². The number of nitrogens with two attached hydrogens (primary N) is 1. The molecule has 0 amide bonds. The molecule has 0 bridgehead atoms. The first-order valence-corrected chi connectivity index (χ1v) is 5.98. The molecule has 0 unspecified atom stereocenters. The Bertz CT molecular complexity index is 517. The minimum absolute atomic E-state index is 0.0944. The van der Waals surface area contributed by atoms with Gasteiger partial charge in [-0.2, -0.15) is 0 Å². The zero-order valence-electron chi connectivity index (χ0n) is 10.4. The molecule has 0 saturated heterocycles. The summed E-state index contributed by atoms with van der Waals surface area (Å²) in [5.74, 6) is 0. The van der Waals surface area contributed by atoms with Crippen molar-refractivity contribution in [2.45, 2.75) is 32.2 Å². The molecule has 0 spiro atoms. The number of fused-ring (bicyclic) bond motifs is 1. The van der Waals surface area contributed by atoms with E-state index >= 15 is 0 Å². The quantitative estimate of drug-likeness (QED) is 0.861. The van der Waals surface area contributed by atoms with E-state index in [1.54, 1.807) is 6.26 Å². The molecular formula is C15H19NO. The molecule has 2 rings (SSSR count). The number of para-hydroxylation sites is 1. The van der Waals surface area contributed by atoms with Crippen molar-refractivity contribution in [1.82, 2.24) is 0 Å². The summed E-state index contributed by atoms with van der Waals surface area (Å²) in [4.78, 5) is 0. The third kappa shape index (κ3) is 3.21. The topological polar surface area (TPSA) is 39.2 Å². The van der Waals surface area contributed by atoms with Crippen molar-refractivity contribution in [3.05, 3.63) is 42.2 Å². The molecule has 0 saturated carbocycles. The van der Waals surface area contributed by atoms with Crippen LogP contribution in [0.15, 0.2) is 41.0 Å². The summed E-state index contributed by atoms with van der Waals surface area (Å²) in [6.45, 7) is 4.10. The predicted octanol–water partition coefficient (Wildman–Crippen LogP) is 3.96. The number of benzene rings is 1. The van der Waals surface area contributed by atoms with E-state index in [1.807, 2.05) is 32.0 Å². The number of hydrogen-bond acceptors (Lipinski definition) is 2. The molecule has 0 radical (unpaired) electrons. The van der Waals surface area contributed by atoms with E-state index in [4.69, 9.17) is 10.2 Å². The molecule has 0 fully saturated rings. The van der Waals surface area contributed by atoms with E-state index in [2.05, 4.69) is 18.2 Å². The van der Waals surface area contributed by atoms with Crippen molar-refractivity contribution in [3.63, 3.8) is 0 Å². The average Bonchev–Trinajstić information content (AvgIpc) is 2.67. The van der Waals surface area contributed by atoms with E-state index in [0.717, 1.165) is 29.4 Å². The molecule has 2 N–H and O–H groups in total. The van der Waals surface area contributed by atoms with Crippen LogP contribution in [0.2, 0.25) is 0 Å². The Morgan fingerprint density at radius 3 is 2.82 bits per heavy atom. The maximum Gasteiger partial charge on any atom is 0.134 e. The lowest BCUT2D eigenvalue weighted by Gasteiger charge is -2.16. The minimum Gasteiger partial charge on any atom is -0.464 e. The molecule has 1 aromatic carbocycles. The standard InChI is InChI=1S/C15H19NO/c1-15(2,16)10-6-5-7-12-11-17-14-9-4-3-8-13(12)14/h3-5,7-9,11H,6,10,16H2,1-2H3/b7-5+. The summed E-state index contributed by atoms with van der Waals surface area (Å²) >= 11 is 0. The van der Waals surface area contributed by atoms with Gasteiger partial charge < -0.3 is 10.2 Å². The van der Waals surface area contributed by atoms with Gasteiger partial charge in [0.15, 0.2) is 0 Å². The van der Waals surface area contributed by atoms with Gasteiger partial charge in [0.1, 0.15) is 5.58 Å². The van der Waals surface area contributed by atoms with Crippen molar-refractivity contribution < 1.29 is 4.42 Å². The van der Waals surface area contributed by atoms with Gasteiger partial charge in [-0.1, -0.05) is 30.4 Å². The molecule has 2 heteroatoms. The van der Waals surface area contributed by atoms with Crippen molar-refractivity contribution in [1.29, 1.82) is 0 Å². The maximum absolute atomic E-state index is 5.93. The van der Waals surface area contributed by atoms with Gasteiger partial charge in [0, 0.05) is 16.5 Å². The first-order valence-electron chi connectivity index (χ1n) is 5.98. The van der Waals surface area contributed by atoms with Gasteiger partial charge in [-0.05, 0) is 32.8 Å². The van der Waals surface area contributed by atoms with Crippen LogP contribution in [-0.2, 0) is 0 Å². The van der Waals surface area contributed by atoms with Crippen LogP contribution >= 0.6 is 0 Å². The van der Waals surface area contributed by atoms with Gasteiger partial charge in [0.25, 0.3) is 0 Å². The fourth-order valence-electron chi connectivity index (χ4n) is 1.79. The van der Waals surface area contributed by atoms with E-state index in [0.29, 0.717) is 0 Å². The third-order valence-corrected chi connectivity index (χ3v) is 2.76. The highest BCUT2D eigenvalue weighted by molar-refractivity contribution is 5.86.